The average molecular weight is 212 g/mol. The molecule has 0 atom stereocenters. The fraction of sp³-hybridized carbons (Fsp3) is 0. The Hall–Kier alpha value is 0.381. The average Bonchev–Trinajstić information content (AvgIpc) is 2.05. The van der Waals surface area contributed by atoms with Crippen LogP contribution in [0.25, 0.3) is 0 Å². The maximum Gasteiger partial charge on any atom is 1.00 e. The Morgan fingerprint density at radius 1 is 1.23 bits per heavy atom. The molecule has 0 saturated carbocycles. The molecule has 0 aliphatic rings. The van der Waals surface area contributed by atoms with Gasteiger partial charge in [0.2, 0.25) is 0 Å². The smallest absolute Gasteiger partial charge is 0.300 e. The van der Waals surface area contributed by atoms with Crippen molar-refractivity contribution in [2.75, 3.05) is 0 Å². The number of rotatable bonds is 1. The molecular formula is C7H5BF3KO. The summed E-state index contributed by atoms with van der Waals surface area (Å²) in [5, 5.41) is 0. The van der Waals surface area contributed by atoms with Crippen LogP contribution in [0.2, 0.25) is 0 Å². The van der Waals surface area contributed by atoms with E-state index in [1.165, 1.54) is 0 Å². The fourth-order valence-electron chi connectivity index (χ4n) is 0.478. The summed E-state index contributed by atoms with van der Waals surface area (Å²) in [5.74, 6) is 0. The van der Waals surface area contributed by atoms with E-state index in [0.717, 1.165) is 6.29 Å². The van der Waals surface area contributed by atoms with Gasteiger partial charge in [-0.1, -0.05) is 5.56 Å². The van der Waals surface area contributed by atoms with E-state index in [1.54, 1.807) is 24.3 Å². The Balaban J connectivity index is 0. The maximum atomic E-state index is 9.99. The molecule has 0 heterocycles. The number of benzene rings is 1. The molecule has 0 unspecified atom stereocenters. The van der Waals surface area contributed by atoms with Crippen molar-refractivity contribution in [1.82, 2.24) is 0 Å². The number of aldehydes is 1. The molecule has 0 aliphatic carbocycles. The predicted molar refractivity (Wildman–Crippen MR) is 39.7 cm³/mol. The van der Waals surface area contributed by atoms with E-state index in [-0.39, 0.29) is 51.4 Å². The van der Waals surface area contributed by atoms with Gasteiger partial charge in [-0.15, -0.1) is 0 Å². The van der Waals surface area contributed by atoms with Crippen molar-refractivity contribution in [3.8, 4) is 0 Å². The van der Waals surface area contributed by atoms with Gasteiger partial charge in [0.25, 0.3) is 0 Å². The van der Waals surface area contributed by atoms with Gasteiger partial charge in [-0.25, -0.2) is 0 Å². The van der Waals surface area contributed by atoms with E-state index >= 15 is 0 Å². The van der Waals surface area contributed by atoms with Crippen molar-refractivity contribution in [2.45, 2.75) is 0 Å². The van der Waals surface area contributed by atoms with Gasteiger partial charge in [0.15, 0.2) is 0 Å². The van der Waals surface area contributed by atoms with Crippen LogP contribution in [0.3, 0.4) is 0 Å². The first-order valence-electron chi connectivity index (χ1n) is 3.00. The van der Waals surface area contributed by atoms with Crippen LogP contribution in [0.5, 0.6) is 0 Å². The number of carbonyl (C=O) groups is 1. The Labute approximate surface area is 117 Å². The summed E-state index contributed by atoms with van der Waals surface area (Å²) < 4.78 is 29.0. The van der Waals surface area contributed by atoms with E-state index < -0.39 is 7.54 Å². The minimum absolute atomic E-state index is 0. The predicted octanol–water partition coefficient (Wildman–Crippen LogP) is -0.817. The molecule has 0 aliphatic heterocycles. The van der Waals surface area contributed by atoms with E-state index in [4.69, 9.17) is 0 Å². The summed E-state index contributed by atoms with van der Waals surface area (Å²) in [6, 6.07) is 9.66. The van der Waals surface area contributed by atoms with Gasteiger partial charge >= 0.3 is 58.9 Å². The van der Waals surface area contributed by atoms with Crippen LogP contribution in [0.15, 0.2) is 24.3 Å². The summed E-state index contributed by atoms with van der Waals surface area (Å²) in [6.45, 7) is 0. The van der Waals surface area contributed by atoms with Crippen LogP contribution in [-0.2, 0) is 0 Å². The van der Waals surface area contributed by atoms with Crippen molar-refractivity contribution < 1.29 is 69.1 Å². The van der Waals surface area contributed by atoms with Crippen LogP contribution < -0.4 is 51.4 Å². The summed E-state index contributed by atoms with van der Waals surface area (Å²) in [6.07, 6.45) is 0.813. The fourth-order valence-corrected chi connectivity index (χ4v) is 0.478. The minimum Gasteiger partial charge on any atom is -0.300 e. The second kappa shape index (κ2) is 10.5. The molecule has 1 nitrogen and oxygen atoms in total. The first-order valence-corrected chi connectivity index (χ1v) is 3.00. The Kier molecular flexibility index (Phi) is 12.7. The summed E-state index contributed by atoms with van der Waals surface area (Å²) >= 11 is 0. The first-order chi connectivity index (χ1) is 5.66. The Morgan fingerprint density at radius 2 is 1.62 bits per heavy atom. The molecule has 0 fully saturated rings. The summed E-state index contributed by atoms with van der Waals surface area (Å²) in [5.41, 5.74) is 0.698. The molecule has 0 aromatic heterocycles. The first kappa shape index (κ1) is 15.8. The maximum absolute atomic E-state index is 9.99. The molecule has 0 amide bonds. The van der Waals surface area contributed by atoms with Crippen molar-refractivity contribution in [3.05, 3.63) is 35.9 Å². The molecule has 1 aromatic rings. The van der Waals surface area contributed by atoms with E-state index in [2.05, 4.69) is 6.07 Å². The molecule has 0 saturated heterocycles. The Bertz CT molecular complexity index is 217. The Morgan fingerprint density at radius 3 is 1.85 bits per heavy atom. The number of carbonyl (C=O) groups excluding carboxylic acids is 1. The zero-order valence-electron chi connectivity index (χ0n) is 7.01. The third kappa shape index (κ3) is 12.4. The molecule has 6 heteroatoms. The molecular weight excluding hydrogens is 207 g/mol. The van der Waals surface area contributed by atoms with E-state index in [1.807, 2.05) is 0 Å². The molecule has 0 spiro atoms. The minimum atomic E-state index is -3.67. The van der Waals surface area contributed by atoms with E-state index in [0.29, 0.717) is 5.56 Å². The summed E-state index contributed by atoms with van der Waals surface area (Å²) in [7, 11) is -3.67. The second-order valence-corrected chi connectivity index (χ2v) is 1.70. The van der Waals surface area contributed by atoms with Crippen molar-refractivity contribution in [3.63, 3.8) is 0 Å². The third-order valence-corrected chi connectivity index (χ3v) is 0.880. The van der Waals surface area contributed by atoms with Crippen LogP contribution in [0.4, 0.5) is 12.9 Å². The SMILES string of the molecule is FB(F)F.O=Cc1cc[c-]cc1.[K+]. The van der Waals surface area contributed by atoms with Gasteiger partial charge < -0.3 is 4.79 Å². The summed E-state index contributed by atoms with van der Waals surface area (Å²) in [4.78, 5) is 9.99. The van der Waals surface area contributed by atoms with Gasteiger partial charge in [-0.3, -0.25) is 12.9 Å². The molecule has 0 bridgehead atoms. The van der Waals surface area contributed by atoms with Gasteiger partial charge in [0.05, 0.1) is 0 Å². The van der Waals surface area contributed by atoms with Gasteiger partial charge in [0.1, 0.15) is 6.29 Å². The van der Waals surface area contributed by atoms with Gasteiger partial charge in [-0.05, 0) is 0 Å². The standard InChI is InChI=1S/C7H5O.BF3.K/c8-6-7-4-2-1-3-5-7;2-1(3)4;/h2-6H;;/q-1;;+1. The largest absolute Gasteiger partial charge is 1.00 e. The van der Waals surface area contributed by atoms with Crippen LogP contribution in [-0.4, -0.2) is 13.8 Å². The van der Waals surface area contributed by atoms with E-state index in [9.17, 15) is 17.7 Å². The second-order valence-electron chi connectivity index (χ2n) is 1.70. The topological polar surface area (TPSA) is 17.1 Å². The molecule has 0 radical (unpaired) electrons. The zero-order valence-corrected chi connectivity index (χ0v) is 10.1. The number of hydrogen-bond donors (Lipinski definition) is 0. The van der Waals surface area contributed by atoms with Crippen molar-refractivity contribution >= 4 is 13.8 Å². The monoisotopic (exact) mass is 212 g/mol. The van der Waals surface area contributed by atoms with Crippen LogP contribution >= 0.6 is 0 Å². The van der Waals surface area contributed by atoms with Gasteiger partial charge in [-0.2, -0.15) is 30.3 Å². The third-order valence-electron chi connectivity index (χ3n) is 0.880. The number of hydrogen-bond acceptors (Lipinski definition) is 1. The molecule has 0 N–H and O–H groups in total. The zero-order chi connectivity index (χ0) is 9.40. The van der Waals surface area contributed by atoms with Crippen molar-refractivity contribution in [2.24, 2.45) is 0 Å². The normalized spacial score (nSPS) is 7.31. The van der Waals surface area contributed by atoms with Gasteiger partial charge in [0, 0.05) is 0 Å². The van der Waals surface area contributed by atoms with Crippen LogP contribution in [0, 0.1) is 6.07 Å². The molecule has 13 heavy (non-hydrogen) atoms. The van der Waals surface area contributed by atoms with Crippen LogP contribution in [0.1, 0.15) is 10.4 Å². The van der Waals surface area contributed by atoms with Crippen molar-refractivity contribution in [1.29, 1.82) is 0 Å². The quantitative estimate of drug-likeness (QED) is 0.338. The molecule has 1 rings (SSSR count). The molecule has 64 valence electrons. The molecule has 1 aromatic carbocycles. The number of halogens is 3.